The molecule has 0 aromatic heterocycles. The van der Waals surface area contributed by atoms with Crippen molar-refractivity contribution in [3.8, 4) is 23.0 Å². The predicted molar refractivity (Wildman–Crippen MR) is 90.8 cm³/mol. The van der Waals surface area contributed by atoms with Crippen molar-refractivity contribution >= 4 is 5.78 Å². The second-order valence-electron chi connectivity index (χ2n) is 5.53. The van der Waals surface area contributed by atoms with Crippen molar-refractivity contribution in [2.24, 2.45) is 0 Å². The average Bonchev–Trinajstić information content (AvgIpc) is 3.13. The highest BCUT2D eigenvalue weighted by atomic mass is 16.7. The molecule has 6 nitrogen and oxygen atoms in total. The van der Waals surface area contributed by atoms with E-state index in [0.717, 1.165) is 5.56 Å². The zero-order valence-corrected chi connectivity index (χ0v) is 14.4. The molecular weight excluding hydrogens is 324 g/mol. The van der Waals surface area contributed by atoms with E-state index in [1.165, 1.54) is 0 Å². The second kappa shape index (κ2) is 7.44. The molecule has 6 heteroatoms. The van der Waals surface area contributed by atoms with Crippen LogP contribution in [0.5, 0.6) is 23.0 Å². The van der Waals surface area contributed by atoms with Gasteiger partial charge in [-0.15, -0.1) is 0 Å². The van der Waals surface area contributed by atoms with Crippen molar-refractivity contribution in [1.29, 1.82) is 0 Å². The van der Waals surface area contributed by atoms with Gasteiger partial charge in [0.2, 0.25) is 6.79 Å². The number of ether oxygens (including phenoxy) is 5. The van der Waals surface area contributed by atoms with Crippen LogP contribution in [0.2, 0.25) is 0 Å². The molecule has 0 amide bonds. The Morgan fingerprint density at radius 2 is 1.84 bits per heavy atom. The van der Waals surface area contributed by atoms with Gasteiger partial charge in [0.05, 0.1) is 20.3 Å². The lowest BCUT2D eigenvalue weighted by Crippen LogP contribution is -2.11. The quantitative estimate of drug-likeness (QED) is 0.718. The third kappa shape index (κ3) is 3.53. The number of rotatable bonds is 7. The number of fused-ring (bicyclic) bond motifs is 1. The third-order valence-electron chi connectivity index (χ3n) is 4.14. The van der Waals surface area contributed by atoms with Gasteiger partial charge in [-0.3, -0.25) is 4.79 Å². The molecule has 0 radical (unpaired) electrons. The van der Waals surface area contributed by atoms with Crippen LogP contribution >= 0.6 is 0 Å². The first-order valence-corrected chi connectivity index (χ1v) is 7.83. The topological polar surface area (TPSA) is 63.2 Å². The summed E-state index contributed by atoms with van der Waals surface area (Å²) in [6.45, 7) is 0.177. The molecule has 0 saturated heterocycles. The zero-order valence-electron chi connectivity index (χ0n) is 14.4. The molecule has 132 valence electrons. The van der Waals surface area contributed by atoms with Crippen LogP contribution in [0.15, 0.2) is 36.4 Å². The van der Waals surface area contributed by atoms with Crippen molar-refractivity contribution in [3.05, 3.63) is 47.5 Å². The molecule has 1 atom stereocenters. The van der Waals surface area contributed by atoms with Crippen LogP contribution in [0.1, 0.15) is 28.4 Å². The SMILES string of the molecule is COc1ccc(C(CC(=O)c2ccc3c(c2)OCO3)OC)c(OC)c1. The van der Waals surface area contributed by atoms with Gasteiger partial charge in [0.25, 0.3) is 0 Å². The van der Waals surface area contributed by atoms with Gasteiger partial charge in [-0.05, 0) is 30.3 Å². The maximum absolute atomic E-state index is 12.7. The van der Waals surface area contributed by atoms with Crippen molar-refractivity contribution in [1.82, 2.24) is 0 Å². The summed E-state index contributed by atoms with van der Waals surface area (Å²) in [5.74, 6) is 2.48. The summed E-state index contributed by atoms with van der Waals surface area (Å²) < 4.78 is 26.8. The normalized spacial score (nSPS) is 13.4. The van der Waals surface area contributed by atoms with Crippen molar-refractivity contribution in [3.63, 3.8) is 0 Å². The average molecular weight is 344 g/mol. The first kappa shape index (κ1) is 17.1. The highest BCUT2D eigenvalue weighted by molar-refractivity contribution is 5.97. The molecule has 0 N–H and O–H groups in total. The molecule has 0 saturated carbocycles. The first-order valence-electron chi connectivity index (χ1n) is 7.83. The van der Waals surface area contributed by atoms with Gasteiger partial charge >= 0.3 is 0 Å². The Morgan fingerprint density at radius 3 is 2.56 bits per heavy atom. The molecule has 2 aromatic carbocycles. The lowest BCUT2D eigenvalue weighted by atomic mass is 9.99. The largest absolute Gasteiger partial charge is 0.497 e. The smallest absolute Gasteiger partial charge is 0.231 e. The number of carbonyl (C=O) groups is 1. The van der Waals surface area contributed by atoms with E-state index >= 15 is 0 Å². The minimum absolute atomic E-state index is 0.0528. The molecule has 1 aliphatic heterocycles. The van der Waals surface area contributed by atoms with E-state index in [1.807, 2.05) is 12.1 Å². The van der Waals surface area contributed by atoms with Crippen LogP contribution in [0.4, 0.5) is 0 Å². The van der Waals surface area contributed by atoms with E-state index in [-0.39, 0.29) is 19.0 Å². The molecular formula is C19H20O6. The number of carbonyl (C=O) groups excluding carboxylic acids is 1. The van der Waals surface area contributed by atoms with E-state index in [4.69, 9.17) is 23.7 Å². The predicted octanol–water partition coefficient (Wildman–Crippen LogP) is 3.39. The first-order chi connectivity index (χ1) is 12.2. The number of hydrogen-bond donors (Lipinski definition) is 0. The number of methoxy groups -OCH3 is 3. The van der Waals surface area contributed by atoms with Gasteiger partial charge in [0, 0.05) is 30.7 Å². The van der Waals surface area contributed by atoms with Gasteiger partial charge in [0.1, 0.15) is 11.5 Å². The van der Waals surface area contributed by atoms with E-state index in [9.17, 15) is 4.79 Å². The molecule has 2 aromatic rings. The molecule has 0 aliphatic carbocycles. The van der Waals surface area contributed by atoms with Crippen LogP contribution in [-0.4, -0.2) is 33.9 Å². The summed E-state index contributed by atoms with van der Waals surface area (Å²) in [4.78, 5) is 12.7. The van der Waals surface area contributed by atoms with E-state index in [0.29, 0.717) is 28.6 Å². The molecule has 0 bridgehead atoms. The van der Waals surface area contributed by atoms with E-state index < -0.39 is 6.10 Å². The van der Waals surface area contributed by atoms with Crippen LogP contribution < -0.4 is 18.9 Å². The molecule has 25 heavy (non-hydrogen) atoms. The van der Waals surface area contributed by atoms with Crippen LogP contribution in [0, 0.1) is 0 Å². The van der Waals surface area contributed by atoms with Gasteiger partial charge in [-0.1, -0.05) is 0 Å². The van der Waals surface area contributed by atoms with E-state index in [2.05, 4.69) is 0 Å². The minimum atomic E-state index is -0.432. The summed E-state index contributed by atoms with van der Waals surface area (Å²) >= 11 is 0. The third-order valence-corrected chi connectivity index (χ3v) is 4.14. The van der Waals surface area contributed by atoms with Crippen molar-refractivity contribution in [2.45, 2.75) is 12.5 Å². The summed E-state index contributed by atoms with van der Waals surface area (Å²) in [6, 6.07) is 10.6. The summed E-state index contributed by atoms with van der Waals surface area (Å²) in [6.07, 6.45) is -0.252. The highest BCUT2D eigenvalue weighted by Crippen LogP contribution is 2.36. The Hall–Kier alpha value is -2.73. The molecule has 3 rings (SSSR count). The van der Waals surface area contributed by atoms with Gasteiger partial charge in [-0.2, -0.15) is 0 Å². The van der Waals surface area contributed by atoms with Crippen molar-refractivity contribution < 1.29 is 28.5 Å². The number of hydrogen-bond acceptors (Lipinski definition) is 6. The van der Waals surface area contributed by atoms with Crippen LogP contribution in [-0.2, 0) is 4.74 Å². The molecule has 0 spiro atoms. The Kier molecular flexibility index (Phi) is 5.09. The lowest BCUT2D eigenvalue weighted by molar-refractivity contribution is 0.0720. The monoisotopic (exact) mass is 344 g/mol. The summed E-state index contributed by atoms with van der Waals surface area (Å²) in [7, 11) is 4.73. The fraction of sp³-hybridized carbons (Fsp3) is 0.316. The Balaban J connectivity index is 1.81. The maximum Gasteiger partial charge on any atom is 0.231 e. The zero-order chi connectivity index (χ0) is 17.8. The molecule has 1 heterocycles. The standard InChI is InChI=1S/C19H20O6/c1-21-13-5-6-14(17(9-13)22-2)18(23-3)10-15(20)12-4-7-16-19(8-12)25-11-24-16/h4-9,18H,10-11H2,1-3H3. The fourth-order valence-corrected chi connectivity index (χ4v) is 2.76. The highest BCUT2D eigenvalue weighted by Gasteiger charge is 2.22. The van der Waals surface area contributed by atoms with Crippen LogP contribution in [0.3, 0.4) is 0 Å². The Labute approximate surface area is 146 Å². The molecule has 0 fully saturated rings. The molecule has 1 aliphatic rings. The molecule has 1 unspecified atom stereocenters. The number of ketones is 1. The van der Waals surface area contributed by atoms with Crippen LogP contribution in [0.25, 0.3) is 0 Å². The fourth-order valence-electron chi connectivity index (χ4n) is 2.76. The van der Waals surface area contributed by atoms with Gasteiger partial charge < -0.3 is 23.7 Å². The summed E-state index contributed by atoms with van der Waals surface area (Å²) in [5.41, 5.74) is 1.35. The Bertz CT molecular complexity index is 771. The number of benzene rings is 2. The second-order valence-corrected chi connectivity index (χ2v) is 5.53. The van der Waals surface area contributed by atoms with Gasteiger partial charge in [-0.25, -0.2) is 0 Å². The minimum Gasteiger partial charge on any atom is -0.497 e. The van der Waals surface area contributed by atoms with Gasteiger partial charge in [0.15, 0.2) is 17.3 Å². The summed E-state index contributed by atoms with van der Waals surface area (Å²) in [5, 5.41) is 0. The van der Waals surface area contributed by atoms with E-state index in [1.54, 1.807) is 45.6 Å². The van der Waals surface area contributed by atoms with Crippen molar-refractivity contribution in [2.75, 3.05) is 28.1 Å². The lowest BCUT2D eigenvalue weighted by Gasteiger charge is -2.18. The number of Topliss-reactive ketones (excluding diaryl/α,β-unsaturated/α-hetero) is 1. The Morgan fingerprint density at radius 1 is 1.04 bits per heavy atom. The maximum atomic E-state index is 12.7.